The molecule has 4 aliphatic rings. The van der Waals surface area contributed by atoms with Crippen LogP contribution in [0.3, 0.4) is 0 Å². The summed E-state index contributed by atoms with van der Waals surface area (Å²) >= 11 is 0. The summed E-state index contributed by atoms with van der Waals surface area (Å²) in [5, 5.41) is 3.08. The Labute approximate surface area is 171 Å². The summed E-state index contributed by atoms with van der Waals surface area (Å²) in [4.78, 5) is 45.3. The molecule has 29 heavy (non-hydrogen) atoms. The van der Waals surface area contributed by atoms with Crippen molar-refractivity contribution >= 4 is 23.4 Å². The lowest BCUT2D eigenvalue weighted by Gasteiger charge is -2.37. The fourth-order valence-corrected chi connectivity index (χ4v) is 6.03. The predicted molar refractivity (Wildman–Crippen MR) is 108 cm³/mol. The number of amides is 3. The first-order chi connectivity index (χ1) is 14.0. The maximum Gasteiger partial charge on any atom is 0.253 e. The molecular weight excluding hydrogens is 368 g/mol. The van der Waals surface area contributed by atoms with Crippen LogP contribution in [-0.2, 0) is 19.9 Å². The minimum absolute atomic E-state index is 0.00128. The van der Waals surface area contributed by atoms with E-state index in [0.717, 1.165) is 43.5 Å². The third-order valence-electron chi connectivity index (χ3n) is 7.28. The first-order valence-corrected chi connectivity index (χ1v) is 10.8. The van der Waals surface area contributed by atoms with E-state index < -0.39 is 5.54 Å². The van der Waals surface area contributed by atoms with Gasteiger partial charge in [0.1, 0.15) is 5.54 Å². The van der Waals surface area contributed by atoms with Crippen molar-refractivity contribution in [2.45, 2.75) is 44.2 Å². The van der Waals surface area contributed by atoms with Gasteiger partial charge in [-0.3, -0.25) is 19.3 Å². The molecule has 0 aliphatic carbocycles. The summed E-state index contributed by atoms with van der Waals surface area (Å²) in [6, 6.07) is 8.20. The molecule has 1 aromatic carbocycles. The zero-order chi connectivity index (χ0) is 20.2. The van der Waals surface area contributed by atoms with Crippen LogP contribution in [0.2, 0.25) is 0 Å². The number of nitrogens with zero attached hydrogens (tertiary/aromatic N) is 3. The average Bonchev–Trinajstić information content (AvgIpc) is 3.35. The number of hydrogen-bond acceptors (Lipinski definition) is 4. The Morgan fingerprint density at radius 2 is 1.93 bits per heavy atom. The summed E-state index contributed by atoms with van der Waals surface area (Å²) in [7, 11) is 0. The SMILES string of the molecule is CC(=O)N1CCCNC(=O)[C@@H]2C[C@@H]3CCCN3[C@@]23C(=O)N(CC1)c1ccccc13. The molecule has 1 spiro atoms. The van der Waals surface area contributed by atoms with Gasteiger partial charge < -0.3 is 15.1 Å². The molecule has 0 unspecified atom stereocenters. The van der Waals surface area contributed by atoms with Crippen LogP contribution in [-0.4, -0.2) is 66.3 Å². The third-order valence-corrected chi connectivity index (χ3v) is 7.28. The normalized spacial score (nSPS) is 32.2. The van der Waals surface area contributed by atoms with Crippen LogP contribution in [0.15, 0.2) is 24.3 Å². The first-order valence-electron chi connectivity index (χ1n) is 10.8. The van der Waals surface area contributed by atoms with Crippen LogP contribution in [0, 0.1) is 5.92 Å². The van der Waals surface area contributed by atoms with Crippen molar-refractivity contribution in [1.82, 2.24) is 15.1 Å². The van der Waals surface area contributed by atoms with Crippen molar-refractivity contribution in [1.29, 1.82) is 0 Å². The van der Waals surface area contributed by atoms with E-state index in [9.17, 15) is 14.4 Å². The molecule has 4 aliphatic heterocycles. The van der Waals surface area contributed by atoms with E-state index in [2.05, 4.69) is 10.2 Å². The van der Waals surface area contributed by atoms with Crippen molar-refractivity contribution in [2.75, 3.05) is 37.6 Å². The Morgan fingerprint density at radius 1 is 1.10 bits per heavy atom. The molecule has 4 heterocycles. The van der Waals surface area contributed by atoms with Gasteiger partial charge in [-0.1, -0.05) is 18.2 Å². The van der Waals surface area contributed by atoms with E-state index in [1.54, 1.807) is 11.8 Å². The quantitative estimate of drug-likeness (QED) is 0.712. The molecule has 2 bridgehead atoms. The van der Waals surface area contributed by atoms with Gasteiger partial charge >= 0.3 is 0 Å². The summed E-state index contributed by atoms with van der Waals surface area (Å²) in [5.74, 6) is -0.386. The van der Waals surface area contributed by atoms with Gasteiger partial charge in [0.25, 0.3) is 5.91 Å². The van der Waals surface area contributed by atoms with E-state index in [1.807, 2.05) is 29.2 Å². The number of carbonyl (C=O) groups is 3. The monoisotopic (exact) mass is 396 g/mol. The molecule has 7 heteroatoms. The van der Waals surface area contributed by atoms with Gasteiger partial charge in [-0.05, 0) is 38.3 Å². The van der Waals surface area contributed by atoms with Crippen molar-refractivity contribution in [2.24, 2.45) is 5.92 Å². The lowest BCUT2D eigenvalue weighted by Crippen LogP contribution is -2.57. The van der Waals surface area contributed by atoms with Crippen LogP contribution in [0.5, 0.6) is 0 Å². The second-order valence-electron chi connectivity index (χ2n) is 8.67. The fraction of sp³-hybridized carbons (Fsp3) is 0.591. The van der Waals surface area contributed by atoms with Crippen molar-refractivity contribution < 1.29 is 14.4 Å². The van der Waals surface area contributed by atoms with Crippen LogP contribution < -0.4 is 10.2 Å². The minimum Gasteiger partial charge on any atom is -0.356 e. The molecule has 7 nitrogen and oxygen atoms in total. The second-order valence-corrected chi connectivity index (χ2v) is 8.67. The number of fused-ring (bicyclic) bond motifs is 4. The van der Waals surface area contributed by atoms with E-state index in [-0.39, 0.29) is 29.7 Å². The first kappa shape index (κ1) is 18.6. The zero-order valence-electron chi connectivity index (χ0n) is 16.9. The lowest BCUT2D eigenvalue weighted by molar-refractivity contribution is -0.139. The highest BCUT2D eigenvalue weighted by Crippen LogP contribution is 2.56. The number of hydrogen-bond donors (Lipinski definition) is 1. The molecule has 154 valence electrons. The summed E-state index contributed by atoms with van der Waals surface area (Å²) < 4.78 is 0. The third kappa shape index (κ3) is 2.56. The molecule has 0 saturated carbocycles. The van der Waals surface area contributed by atoms with Crippen LogP contribution in [0.4, 0.5) is 5.69 Å². The molecular formula is C22H28N4O3. The van der Waals surface area contributed by atoms with Crippen molar-refractivity contribution in [3.05, 3.63) is 29.8 Å². The predicted octanol–water partition coefficient (Wildman–Crippen LogP) is 1.08. The summed E-state index contributed by atoms with van der Waals surface area (Å²) in [6.45, 7) is 4.50. The summed E-state index contributed by atoms with van der Waals surface area (Å²) in [5.41, 5.74) is 0.955. The number of carbonyl (C=O) groups excluding carboxylic acids is 3. The molecule has 0 radical (unpaired) electrons. The number of nitrogens with one attached hydrogen (secondary N) is 1. The molecule has 3 atom stereocenters. The van der Waals surface area contributed by atoms with Crippen LogP contribution in [0.25, 0.3) is 0 Å². The average molecular weight is 396 g/mol. The van der Waals surface area contributed by atoms with Gasteiger partial charge in [0, 0.05) is 50.4 Å². The molecule has 3 saturated heterocycles. The fourth-order valence-electron chi connectivity index (χ4n) is 6.03. The standard InChI is InChI=1S/C22H28N4O3/c1-15(27)24-10-5-9-23-20(28)18-14-16-6-4-11-26(16)22(18)17-7-2-3-8-19(17)25(13-12-24)21(22)29/h2-3,7-8,16,18H,4-6,9-14H2,1H3,(H,23,28)/t16-,18-,22+/m0/s1. The van der Waals surface area contributed by atoms with Crippen molar-refractivity contribution in [3.63, 3.8) is 0 Å². The highest BCUT2D eigenvalue weighted by atomic mass is 16.2. The molecule has 5 rings (SSSR count). The number of benzene rings is 1. The van der Waals surface area contributed by atoms with Gasteiger partial charge in [0.2, 0.25) is 11.8 Å². The van der Waals surface area contributed by atoms with Gasteiger partial charge in [-0.25, -0.2) is 0 Å². The molecule has 1 N–H and O–H groups in total. The van der Waals surface area contributed by atoms with Crippen molar-refractivity contribution in [3.8, 4) is 0 Å². The Hall–Kier alpha value is -2.41. The molecule has 0 aromatic heterocycles. The largest absolute Gasteiger partial charge is 0.356 e. The molecule has 1 aromatic rings. The molecule has 3 fully saturated rings. The van der Waals surface area contributed by atoms with E-state index >= 15 is 0 Å². The van der Waals surface area contributed by atoms with Gasteiger partial charge in [0.15, 0.2) is 0 Å². The molecule has 3 amide bonds. The lowest BCUT2D eigenvalue weighted by atomic mass is 9.78. The highest BCUT2D eigenvalue weighted by Gasteiger charge is 2.67. The number of para-hydroxylation sites is 1. The Kier molecular flexibility index (Phi) is 4.38. The maximum absolute atomic E-state index is 14.0. The van der Waals surface area contributed by atoms with Crippen LogP contribution >= 0.6 is 0 Å². The summed E-state index contributed by atoms with van der Waals surface area (Å²) in [6.07, 6.45) is 3.56. The van der Waals surface area contributed by atoms with Gasteiger partial charge in [-0.15, -0.1) is 0 Å². The topological polar surface area (TPSA) is 73.0 Å². The highest BCUT2D eigenvalue weighted by molar-refractivity contribution is 6.11. The number of anilines is 1. The zero-order valence-corrected chi connectivity index (χ0v) is 16.9. The van der Waals surface area contributed by atoms with E-state index in [4.69, 9.17) is 0 Å². The number of rotatable bonds is 0. The maximum atomic E-state index is 14.0. The Balaban J connectivity index is 1.64. The minimum atomic E-state index is -0.901. The van der Waals surface area contributed by atoms with E-state index in [0.29, 0.717) is 26.2 Å². The Bertz CT molecular complexity index is 871. The smallest absolute Gasteiger partial charge is 0.253 e. The van der Waals surface area contributed by atoms with E-state index in [1.165, 1.54) is 0 Å². The Morgan fingerprint density at radius 3 is 2.76 bits per heavy atom. The second kappa shape index (κ2) is 6.83. The van der Waals surface area contributed by atoms with Gasteiger partial charge in [0.05, 0.1) is 5.92 Å². The van der Waals surface area contributed by atoms with Gasteiger partial charge in [-0.2, -0.15) is 0 Å². The van der Waals surface area contributed by atoms with Crippen LogP contribution in [0.1, 0.15) is 38.2 Å².